The van der Waals surface area contributed by atoms with Crippen molar-refractivity contribution in [1.82, 2.24) is 10.2 Å². The van der Waals surface area contributed by atoms with E-state index >= 15 is 0 Å². The summed E-state index contributed by atoms with van der Waals surface area (Å²) in [6, 6.07) is 0. The van der Waals surface area contributed by atoms with Crippen molar-refractivity contribution in [3.63, 3.8) is 0 Å². The molecular weight excluding hydrogens is 180 g/mol. The average molecular weight is 200 g/mol. The van der Waals surface area contributed by atoms with Crippen molar-refractivity contribution < 1.29 is 9.53 Å². The minimum atomic E-state index is 0.193. The number of methoxy groups -OCH3 is 1. The molecule has 1 N–H and O–H groups in total. The van der Waals surface area contributed by atoms with Gasteiger partial charge in [-0.1, -0.05) is 6.92 Å². The first-order valence-corrected chi connectivity index (χ1v) is 5.10. The fourth-order valence-electron chi connectivity index (χ4n) is 1.93. The number of hydrogen-bond donors (Lipinski definition) is 1. The number of carbonyl (C=O) groups is 1. The number of rotatable bonds is 4. The van der Waals surface area contributed by atoms with Gasteiger partial charge in [0.2, 0.25) is 5.91 Å². The summed E-state index contributed by atoms with van der Waals surface area (Å²) in [6.45, 7) is 5.08. The first-order valence-electron chi connectivity index (χ1n) is 5.10. The van der Waals surface area contributed by atoms with E-state index in [0.717, 1.165) is 19.7 Å². The highest BCUT2D eigenvalue weighted by Crippen LogP contribution is 2.22. The topological polar surface area (TPSA) is 41.6 Å². The van der Waals surface area contributed by atoms with Gasteiger partial charge >= 0.3 is 0 Å². The molecule has 2 atom stereocenters. The molecule has 1 rings (SSSR count). The largest absolute Gasteiger partial charge is 0.384 e. The summed E-state index contributed by atoms with van der Waals surface area (Å²) in [5, 5.41) is 2.88. The minimum absolute atomic E-state index is 0.193. The molecule has 4 heteroatoms. The van der Waals surface area contributed by atoms with Gasteiger partial charge in [0.25, 0.3) is 0 Å². The number of ether oxygens (including phenoxy) is 1. The van der Waals surface area contributed by atoms with Crippen LogP contribution in [0, 0.1) is 11.8 Å². The van der Waals surface area contributed by atoms with Crippen LogP contribution >= 0.6 is 0 Å². The number of amides is 1. The lowest BCUT2D eigenvalue weighted by Crippen LogP contribution is -2.35. The Labute approximate surface area is 85.6 Å². The van der Waals surface area contributed by atoms with Gasteiger partial charge in [0, 0.05) is 26.1 Å². The van der Waals surface area contributed by atoms with Gasteiger partial charge in [-0.15, -0.1) is 0 Å². The molecule has 1 fully saturated rings. The van der Waals surface area contributed by atoms with Crippen LogP contribution in [0.5, 0.6) is 0 Å². The SMILES string of the molecule is CNCC(=O)N1C[C@H](COC)[C@@H](C)C1. The van der Waals surface area contributed by atoms with Crippen molar-refractivity contribution in [3.05, 3.63) is 0 Å². The van der Waals surface area contributed by atoms with Crippen molar-refractivity contribution >= 4 is 5.91 Å². The van der Waals surface area contributed by atoms with Crippen molar-refractivity contribution in [1.29, 1.82) is 0 Å². The Balaban J connectivity index is 2.41. The number of nitrogens with one attached hydrogen (secondary N) is 1. The van der Waals surface area contributed by atoms with Gasteiger partial charge in [-0.25, -0.2) is 0 Å². The number of hydrogen-bond acceptors (Lipinski definition) is 3. The smallest absolute Gasteiger partial charge is 0.236 e. The van der Waals surface area contributed by atoms with Gasteiger partial charge in [0.15, 0.2) is 0 Å². The van der Waals surface area contributed by atoms with Crippen molar-refractivity contribution in [2.75, 3.05) is 40.4 Å². The Bertz CT molecular complexity index is 197. The number of likely N-dealkylation sites (tertiary alicyclic amines) is 1. The maximum Gasteiger partial charge on any atom is 0.236 e. The Morgan fingerprint density at radius 3 is 2.86 bits per heavy atom. The normalized spacial score (nSPS) is 26.9. The van der Waals surface area contributed by atoms with Crippen LogP contribution in [-0.2, 0) is 9.53 Å². The van der Waals surface area contributed by atoms with Crippen LogP contribution in [-0.4, -0.2) is 51.2 Å². The molecular formula is C10H20N2O2. The van der Waals surface area contributed by atoms with Crippen LogP contribution in [0.3, 0.4) is 0 Å². The van der Waals surface area contributed by atoms with E-state index in [2.05, 4.69) is 12.2 Å². The zero-order valence-corrected chi connectivity index (χ0v) is 9.25. The van der Waals surface area contributed by atoms with E-state index in [0.29, 0.717) is 18.4 Å². The second kappa shape index (κ2) is 5.32. The zero-order chi connectivity index (χ0) is 10.6. The molecule has 4 nitrogen and oxygen atoms in total. The molecule has 14 heavy (non-hydrogen) atoms. The molecule has 0 bridgehead atoms. The highest BCUT2D eigenvalue weighted by molar-refractivity contribution is 5.78. The predicted octanol–water partition coefficient (Wildman–Crippen LogP) is -0.0533. The third-order valence-corrected chi connectivity index (χ3v) is 2.83. The molecule has 1 aliphatic rings. The number of nitrogens with zero attached hydrogens (tertiary/aromatic N) is 1. The van der Waals surface area contributed by atoms with Crippen LogP contribution in [0.2, 0.25) is 0 Å². The maximum absolute atomic E-state index is 11.6. The van der Waals surface area contributed by atoms with E-state index in [4.69, 9.17) is 4.74 Å². The van der Waals surface area contributed by atoms with Gasteiger partial charge in [0.05, 0.1) is 13.2 Å². The predicted molar refractivity (Wildman–Crippen MR) is 55.0 cm³/mol. The minimum Gasteiger partial charge on any atom is -0.384 e. The molecule has 0 aromatic carbocycles. The molecule has 0 aliphatic carbocycles. The van der Waals surface area contributed by atoms with Crippen molar-refractivity contribution in [2.45, 2.75) is 6.92 Å². The summed E-state index contributed by atoms with van der Waals surface area (Å²) in [5.41, 5.74) is 0. The molecule has 0 spiro atoms. The Morgan fingerprint density at radius 2 is 2.29 bits per heavy atom. The summed E-state index contributed by atoms with van der Waals surface area (Å²) >= 11 is 0. The first kappa shape index (κ1) is 11.5. The third-order valence-electron chi connectivity index (χ3n) is 2.83. The fourth-order valence-corrected chi connectivity index (χ4v) is 1.93. The quantitative estimate of drug-likeness (QED) is 0.691. The molecule has 1 aliphatic heterocycles. The van der Waals surface area contributed by atoms with E-state index in [1.54, 1.807) is 14.2 Å². The van der Waals surface area contributed by atoms with Crippen LogP contribution < -0.4 is 5.32 Å². The monoisotopic (exact) mass is 200 g/mol. The average Bonchev–Trinajstić information content (AvgIpc) is 2.49. The molecule has 1 heterocycles. The van der Waals surface area contributed by atoms with Crippen LogP contribution in [0.15, 0.2) is 0 Å². The Hall–Kier alpha value is -0.610. The van der Waals surface area contributed by atoms with Crippen LogP contribution in [0.25, 0.3) is 0 Å². The summed E-state index contributed by atoms with van der Waals surface area (Å²) in [5.74, 6) is 1.24. The van der Waals surface area contributed by atoms with Crippen LogP contribution in [0.4, 0.5) is 0 Å². The molecule has 82 valence electrons. The van der Waals surface area contributed by atoms with Crippen LogP contribution in [0.1, 0.15) is 6.92 Å². The molecule has 1 saturated heterocycles. The van der Waals surface area contributed by atoms with Gasteiger partial charge in [-0.05, 0) is 13.0 Å². The maximum atomic E-state index is 11.6. The van der Waals surface area contributed by atoms with Crippen molar-refractivity contribution in [3.8, 4) is 0 Å². The lowest BCUT2D eigenvalue weighted by molar-refractivity contribution is -0.129. The van der Waals surface area contributed by atoms with E-state index in [-0.39, 0.29) is 5.91 Å². The Morgan fingerprint density at radius 1 is 1.57 bits per heavy atom. The Kier molecular flexibility index (Phi) is 4.35. The highest BCUT2D eigenvalue weighted by atomic mass is 16.5. The summed E-state index contributed by atoms with van der Waals surface area (Å²) < 4.78 is 5.13. The second-order valence-electron chi connectivity index (χ2n) is 4.02. The lowest BCUT2D eigenvalue weighted by Gasteiger charge is -2.15. The van der Waals surface area contributed by atoms with Crippen molar-refractivity contribution in [2.24, 2.45) is 11.8 Å². The highest BCUT2D eigenvalue weighted by Gasteiger charge is 2.31. The number of likely N-dealkylation sites (N-methyl/N-ethyl adjacent to an activating group) is 1. The van der Waals surface area contributed by atoms with E-state index in [1.165, 1.54) is 0 Å². The summed E-state index contributed by atoms with van der Waals surface area (Å²) in [4.78, 5) is 13.5. The molecule has 0 aromatic rings. The molecule has 0 aromatic heterocycles. The number of carbonyl (C=O) groups excluding carboxylic acids is 1. The van der Waals surface area contributed by atoms with E-state index < -0.39 is 0 Å². The first-order chi connectivity index (χ1) is 6.69. The third kappa shape index (κ3) is 2.69. The zero-order valence-electron chi connectivity index (χ0n) is 9.25. The van der Waals surface area contributed by atoms with E-state index in [9.17, 15) is 4.79 Å². The van der Waals surface area contributed by atoms with Gasteiger partial charge in [-0.2, -0.15) is 0 Å². The molecule has 0 unspecified atom stereocenters. The standard InChI is InChI=1S/C10H20N2O2/c1-8-5-12(10(13)4-11-2)6-9(8)7-14-3/h8-9,11H,4-7H2,1-3H3/t8-,9+/m0/s1. The fraction of sp³-hybridized carbons (Fsp3) is 0.900. The van der Waals surface area contributed by atoms with Gasteiger partial charge in [0.1, 0.15) is 0 Å². The molecule has 0 saturated carbocycles. The van der Waals surface area contributed by atoms with Gasteiger partial charge < -0.3 is 15.0 Å². The molecule has 0 radical (unpaired) electrons. The lowest BCUT2D eigenvalue weighted by atomic mass is 10.00. The summed E-state index contributed by atoms with van der Waals surface area (Å²) in [7, 11) is 3.51. The molecule has 1 amide bonds. The second-order valence-corrected chi connectivity index (χ2v) is 4.02. The summed E-state index contributed by atoms with van der Waals surface area (Å²) in [6.07, 6.45) is 0. The van der Waals surface area contributed by atoms with E-state index in [1.807, 2.05) is 4.90 Å². The van der Waals surface area contributed by atoms with Gasteiger partial charge in [-0.3, -0.25) is 4.79 Å².